The minimum atomic E-state index is -1.53. The Labute approximate surface area is 376 Å². The Bertz CT molecular complexity index is 904. The van der Waals surface area contributed by atoms with Gasteiger partial charge in [-0.25, -0.2) is 0 Å². The molecule has 0 radical (unpaired) electrons. The van der Waals surface area contributed by atoms with Gasteiger partial charge in [-0.2, -0.15) is 0 Å². The molecule has 9 nitrogen and oxygen atoms in total. The summed E-state index contributed by atoms with van der Waals surface area (Å²) < 4.78 is 22.9. The largest absolute Gasteiger partial charge is 0.457 e. The molecule has 1 saturated heterocycles. The molecule has 0 bridgehead atoms. The zero-order valence-electron chi connectivity index (χ0n) is 40.2. The predicted molar refractivity (Wildman–Crippen MR) is 252 cm³/mol. The van der Waals surface area contributed by atoms with E-state index < -0.39 is 43.4 Å². The number of ether oxygens (including phenoxy) is 4. The van der Waals surface area contributed by atoms with E-state index in [1.807, 2.05) is 0 Å². The van der Waals surface area contributed by atoms with E-state index in [9.17, 15) is 25.2 Å². The lowest BCUT2D eigenvalue weighted by atomic mass is 9.99. The molecule has 0 spiro atoms. The molecule has 0 aromatic carbocycles. The van der Waals surface area contributed by atoms with Crippen molar-refractivity contribution in [3.8, 4) is 0 Å². The van der Waals surface area contributed by atoms with E-state index in [2.05, 4.69) is 13.8 Å². The monoisotopic (exact) mass is 871 g/mol. The van der Waals surface area contributed by atoms with Gasteiger partial charge in [-0.1, -0.05) is 245 Å². The first-order valence-corrected chi connectivity index (χ1v) is 26.6. The molecule has 4 N–H and O–H groups in total. The fourth-order valence-corrected chi connectivity index (χ4v) is 8.61. The molecule has 61 heavy (non-hydrogen) atoms. The van der Waals surface area contributed by atoms with E-state index in [4.69, 9.17) is 18.9 Å². The molecule has 0 amide bonds. The molecule has 1 aliphatic rings. The van der Waals surface area contributed by atoms with Crippen LogP contribution in [0.2, 0.25) is 0 Å². The number of hydrogen-bond donors (Lipinski definition) is 4. The van der Waals surface area contributed by atoms with Crippen LogP contribution in [0.25, 0.3) is 0 Å². The summed E-state index contributed by atoms with van der Waals surface area (Å²) in [6.45, 7) is 4.63. The third-order valence-electron chi connectivity index (χ3n) is 12.8. The summed E-state index contributed by atoms with van der Waals surface area (Å²) in [5.74, 6) is -0.305. The predicted octanol–water partition coefficient (Wildman–Crippen LogP) is 13.0. The van der Waals surface area contributed by atoms with Gasteiger partial charge in [0, 0.05) is 13.0 Å². The quantitative estimate of drug-likeness (QED) is 0.0348. The molecule has 6 unspecified atom stereocenters. The van der Waals surface area contributed by atoms with Gasteiger partial charge in [0.25, 0.3) is 0 Å². The highest BCUT2D eigenvalue weighted by atomic mass is 16.7. The van der Waals surface area contributed by atoms with Crippen molar-refractivity contribution in [1.29, 1.82) is 0 Å². The number of rotatable bonds is 47. The third kappa shape index (κ3) is 35.2. The van der Waals surface area contributed by atoms with Gasteiger partial charge < -0.3 is 39.4 Å². The molecule has 0 aromatic heterocycles. The van der Waals surface area contributed by atoms with Crippen LogP contribution in [-0.4, -0.2) is 89.6 Å². The Hall–Kier alpha value is -0.810. The summed E-state index contributed by atoms with van der Waals surface area (Å²) in [6.07, 6.45) is 42.9. The van der Waals surface area contributed by atoms with Crippen molar-refractivity contribution in [2.45, 2.75) is 301 Å². The van der Waals surface area contributed by atoms with Crippen molar-refractivity contribution < 1.29 is 44.2 Å². The minimum Gasteiger partial charge on any atom is -0.457 e. The molecule has 0 aliphatic carbocycles. The lowest BCUT2D eigenvalue weighted by Crippen LogP contribution is -2.59. The molecule has 1 rings (SSSR count). The summed E-state index contributed by atoms with van der Waals surface area (Å²) >= 11 is 0. The number of carbonyl (C=O) groups is 1. The standard InChI is InChI=1S/C52H102O9/c1-3-5-7-9-11-13-15-17-19-20-21-22-23-24-25-26-28-30-32-34-36-38-40-42-58-44-46(45-59-52-51(57)50(56)49(55)47(43-53)61-52)60-48(54)41-39-37-35-33-31-29-27-18-16-14-12-10-8-6-4-2/h46-47,49-53,55-57H,3-45H2,1-2H3. The van der Waals surface area contributed by atoms with Crippen LogP contribution in [0, 0.1) is 0 Å². The highest BCUT2D eigenvalue weighted by molar-refractivity contribution is 5.69. The Morgan fingerprint density at radius 2 is 0.803 bits per heavy atom. The highest BCUT2D eigenvalue weighted by Crippen LogP contribution is 2.23. The molecule has 0 aromatic rings. The van der Waals surface area contributed by atoms with E-state index in [0.717, 1.165) is 32.1 Å². The maximum Gasteiger partial charge on any atom is 0.306 e. The molecule has 6 atom stereocenters. The number of esters is 1. The van der Waals surface area contributed by atoms with Crippen molar-refractivity contribution >= 4 is 5.97 Å². The fourth-order valence-electron chi connectivity index (χ4n) is 8.61. The van der Waals surface area contributed by atoms with Gasteiger partial charge in [-0.05, 0) is 12.8 Å². The second-order valence-corrected chi connectivity index (χ2v) is 18.7. The fraction of sp³-hybridized carbons (Fsp3) is 0.981. The van der Waals surface area contributed by atoms with Crippen LogP contribution in [0.5, 0.6) is 0 Å². The minimum absolute atomic E-state index is 0.104. The van der Waals surface area contributed by atoms with Crippen LogP contribution in [-0.2, 0) is 23.7 Å². The smallest absolute Gasteiger partial charge is 0.306 e. The average molecular weight is 871 g/mol. The first kappa shape index (κ1) is 58.2. The van der Waals surface area contributed by atoms with Gasteiger partial charge in [0.15, 0.2) is 6.29 Å². The van der Waals surface area contributed by atoms with Crippen LogP contribution < -0.4 is 0 Å². The number of aliphatic hydroxyl groups excluding tert-OH is 4. The number of aliphatic hydroxyl groups is 4. The molecule has 364 valence electrons. The van der Waals surface area contributed by atoms with Crippen molar-refractivity contribution in [3.05, 3.63) is 0 Å². The molecular formula is C52H102O9. The van der Waals surface area contributed by atoms with Gasteiger partial charge in [-0.15, -0.1) is 0 Å². The zero-order valence-corrected chi connectivity index (χ0v) is 40.2. The summed E-state index contributed by atoms with van der Waals surface area (Å²) in [5.41, 5.74) is 0. The first-order valence-electron chi connectivity index (χ1n) is 26.6. The van der Waals surface area contributed by atoms with Crippen LogP contribution in [0.1, 0.15) is 264 Å². The van der Waals surface area contributed by atoms with Gasteiger partial charge in [0.05, 0.1) is 19.8 Å². The second-order valence-electron chi connectivity index (χ2n) is 18.7. The van der Waals surface area contributed by atoms with Gasteiger partial charge >= 0.3 is 5.97 Å². The molecule has 1 fully saturated rings. The zero-order chi connectivity index (χ0) is 44.3. The second kappa shape index (κ2) is 44.4. The Morgan fingerprint density at radius 3 is 1.16 bits per heavy atom. The normalized spacial score (nSPS) is 19.7. The molecule has 1 aliphatic heterocycles. The summed E-state index contributed by atoms with van der Waals surface area (Å²) in [7, 11) is 0. The number of carbonyl (C=O) groups excluding carboxylic acids is 1. The molecule has 9 heteroatoms. The SMILES string of the molecule is CCCCCCCCCCCCCCCCCCCCCCCCCOCC(COC1OC(CO)C(O)C(O)C1O)OC(=O)CCCCCCCCCCCCCCCCC. The van der Waals surface area contributed by atoms with Crippen LogP contribution in [0.15, 0.2) is 0 Å². The van der Waals surface area contributed by atoms with Gasteiger partial charge in [0.2, 0.25) is 0 Å². The summed E-state index contributed by atoms with van der Waals surface area (Å²) in [6, 6.07) is 0. The van der Waals surface area contributed by atoms with E-state index in [1.165, 1.54) is 212 Å². The highest BCUT2D eigenvalue weighted by Gasteiger charge is 2.44. The lowest BCUT2D eigenvalue weighted by molar-refractivity contribution is -0.305. The topological polar surface area (TPSA) is 135 Å². The molecular weight excluding hydrogens is 769 g/mol. The van der Waals surface area contributed by atoms with Gasteiger partial charge in [-0.3, -0.25) is 4.79 Å². The Balaban J connectivity index is 2.14. The van der Waals surface area contributed by atoms with Crippen LogP contribution in [0.4, 0.5) is 0 Å². The van der Waals surface area contributed by atoms with Crippen molar-refractivity contribution in [2.75, 3.05) is 26.4 Å². The van der Waals surface area contributed by atoms with Crippen molar-refractivity contribution in [2.24, 2.45) is 0 Å². The lowest BCUT2D eigenvalue weighted by Gasteiger charge is -2.39. The maximum absolute atomic E-state index is 12.8. The van der Waals surface area contributed by atoms with E-state index in [1.54, 1.807) is 0 Å². The van der Waals surface area contributed by atoms with E-state index in [0.29, 0.717) is 13.0 Å². The number of unbranched alkanes of at least 4 members (excludes halogenated alkanes) is 36. The van der Waals surface area contributed by atoms with Gasteiger partial charge in [0.1, 0.15) is 30.5 Å². The van der Waals surface area contributed by atoms with Crippen molar-refractivity contribution in [1.82, 2.24) is 0 Å². The van der Waals surface area contributed by atoms with Crippen LogP contribution >= 0.6 is 0 Å². The van der Waals surface area contributed by atoms with Crippen LogP contribution in [0.3, 0.4) is 0 Å². The summed E-state index contributed by atoms with van der Waals surface area (Å²) in [5, 5.41) is 40.2. The van der Waals surface area contributed by atoms with E-state index >= 15 is 0 Å². The molecule has 0 saturated carbocycles. The Morgan fingerprint density at radius 1 is 0.459 bits per heavy atom. The Kier molecular flexibility index (Phi) is 42.4. The first-order chi connectivity index (χ1) is 29.9. The maximum atomic E-state index is 12.8. The average Bonchev–Trinajstić information content (AvgIpc) is 3.26. The van der Waals surface area contributed by atoms with Crippen molar-refractivity contribution in [3.63, 3.8) is 0 Å². The molecule has 1 heterocycles. The number of hydrogen-bond acceptors (Lipinski definition) is 9. The van der Waals surface area contributed by atoms with E-state index in [-0.39, 0.29) is 19.2 Å². The summed E-state index contributed by atoms with van der Waals surface area (Å²) in [4.78, 5) is 12.8. The third-order valence-corrected chi connectivity index (χ3v) is 12.8.